The molecule has 0 unspecified atom stereocenters. The average Bonchev–Trinajstić information content (AvgIpc) is 2.96. The maximum absolute atomic E-state index is 14.3. The molecule has 1 aliphatic rings. The Balaban J connectivity index is 1.56. The lowest BCUT2D eigenvalue weighted by Crippen LogP contribution is -2.29. The van der Waals surface area contributed by atoms with Crippen LogP contribution in [0.25, 0.3) is 6.08 Å². The molecule has 0 aliphatic heterocycles. The first-order chi connectivity index (χ1) is 21.6. The Kier molecular flexibility index (Phi) is 10.7. The molecule has 0 saturated heterocycles. The summed E-state index contributed by atoms with van der Waals surface area (Å²) in [5, 5.41) is 23.6. The minimum Gasteiger partial charge on any atom is -0.481 e. The highest BCUT2D eigenvalue weighted by atomic mass is 32.2. The predicted octanol–water partition coefficient (Wildman–Crippen LogP) is 8.21. The maximum Gasteiger partial charge on any atom is 0.418 e. The van der Waals surface area contributed by atoms with Crippen LogP contribution < -0.4 is 10.6 Å². The first-order valence-corrected chi connectivity index (χ1v) is 14.8. The Morgan fingerprint density at radius 2 is 1.48 bits per heavy atom. The molecule has 0 radical (unpaired) electrons. The van der Waals surface area contributed by atoms with Gasteiger partial charge in [0, 0.05) is 33.3 Å². The van der Waals surface area contributed by atoms with Gasteiger partial charge >= 0.3 is 24.3 Å². The van der Waals surface area contributed by atoms with Crippen LogP contribution >= 0.6 is 11.8 Å². The molecule has 0 aromatic heterocycles. The van der Waals surface area contributed by atoms with Gasteiger partial charge in [-0.15, -0.1) is 0 Å². The van der Waals surface area contributed by atoms with Gasteiger partial charge in [0.1, 0.15) is 0 Å². The summed E-state index contributed by atoms with van der Waals surface area (Å²) in [5.74, 6) is -3.27. The Morgan fingerprint density at radius 3 is 2.07 bits per heavy atom. The summed E-state index contributed by atoms with van der Waals surface area (Å²) in [6, 6.07) is 13.6. The van der Waals surface area contributed by atoms with Crippen LogP contribution in [0, 0.1) is 5.92 Å². The summed E-state index contributed by atoms with van der Waals surface area (Å²) >= 11 is 0.514. The number of carboxylic acid groups (broad SMARTS) is 2. The van der Waals surface area contributed by atoms with Gasteiger partial charge in [-0.25, -0.2) is 0 Å². The normalized spacial score (nSPS) is 17.1. The van der Waals surface area contributed by atoms with E-state index in [1.165, 1.54) is 36.4 Å². The van der Waals surface area contributed by atoms with Crippen LogP contribution in [-0.4, -0.2) is 34.1 Å². The third-order valence-electron chi connectivity index (χ3n) is 7.27. The molecular formula is C32H28F6N2O5S. The van der Waals surface area contributed by atoms with E-state index in [9.17, 15) is 45.8 Å². The number of rotatable bonds is 10. The van der Waals surface area contributed by atoms with Crippen molar-refractivity contribution in [3.8, 4) is 0 Å². The Bertz CT molecular complexity index is 1610. The van der Waals surface area contributed by atoms with Gasteiger partial charge in [0.25, 0.3) is 0 Å². The van der Waals surface area contributed by atoms with Gasteiger partial charge in [-0.1, -0.05) is 36.0 Å². The second kappa shape index (κ2) is 14.3. The molecule has 0 heterocycles. The lowest BCUT2D eigenvalue weighted by molar-refractivity contribution is -0.163. The molecule has 0 atom stereocenters. The van der Waals surface area contributed by atoms with Crippen molar-refractivity contribution in [1.82, 2.24) is 0 Å². The summed E-state index contributed by atoms with van der Waals surface area (Å²) in [4.78, 5) is 34.0. The molecule has 0 bridgehead atoms. The third-order valence-corrected chi connectivity index (χ3v) is 8.32. The van der Waals surface area contributed by atoms with Crippen molar-refractivity contribution in [2.24, 2.45) is 5.92 Å². The van der Waals surface area contributed by atoms with E-state index < -0.39 is 57.7 Å². The highest BCUT2D eigenvalue weighted by Gasteiger charge is 2.46. The lowest BCUT2D eigenvalue weighted by atomic mass is 9.86. The van der Waals surface area contributed by atoms with E-state index in [4.69, 9.17) is 5.11 Å². The average molecular weight is 667 g/mol. The number of benzene rings is 3. The summed E-state index contributed by atoms with van der Waals surface area (Å²) in [6.07, 6.45) is -7.64. The first-order valence-electron chi connectivity index (χ1n) is 14.0. The van der Waals surface area contributed by atoms with Crippen molar-refractivity contribution < 1.29 is 50.9 Å². The van der Waals surface area contributed by atoms with Gasteiger partial charge in [0.2, 0.25) is 5.91 Å². The van der Waals surface area contributed by atoms with Crippen LogP contribution in [0.15, 0.2) is 76.5 Å². The Hall–Kier alpha value is -4.46. The highest BCUT2D eigenvalue weighted by molar-refractivity contribution is 7.99. The molecule has 0 spiro atoms. The summed E-state index contributed by atoms with van der Waals surface area (Å²) in [5.41, 5.74) is -3.49. The molecule has 3 aromatic carbocycles. The zero-order valence-electron chi connectivity index (χ0n) is 23.9. The van der Waals surface area contributed by atoms with E-state index in [0.29, 0.717) is 60.8 Å². The number of halogens is 6. The number of anilines is 2. The van der Waals surface area contributed by atoms with E-state index in [-0.39, 0.29) is 23.0 Å². The molecule has 3 aromatic rings. The highest BCUT2D eigenvalue weighted by Crippen LogP contribution is 2.48. The van der Waals surface area contributed by atoms with Crippen LogP contribution in [0.4, 0.5) is 37.7 Å². The van der Waals surface area contributed by atoms with E-state index >= 15 is 0 Å². The number of aliphatic carboxylic acids is 2. The second-order valence-electron chi connectivity index (χ2n) is 10.6. The number of carbonyl (C=O) groups is 3. The topological polar surface area (TPSA) is 116 Å². The molecule has 1 fully saturated rings. The summed E-state index contributed by atoms with van der Waals surface area (Å²) in [6.45, 7) is 0. The number of alkyl halides is 6. The van der Waals surface area contributed by atoms with Crippen molar-refractivity contribution in [3.05, 3.63) is 89.0 Å². The van der Waals surface area contributed by atoms with Crippen molar-refractivity contribution in [2.75, 3.05) is 10.6 Å². The second-order valence-corrected chi connectivity index (χ2v) is 11.8. The van der Waals surface area contributed by atoms with Crippen molar-refractivity contribution >= 4 is 47.1 Å². The zero-order valence-corrected chi connectivity index (χ0v) is 24.7. The van der Waals surface area contributed by atoms with Crippen molar-refractivity contribution in [1.29, 1.82) is 0 Å². The fourth-order valence-corrected chi connectivity index (χ4v) is 6.18. The summed E-state index contributed by atoms with van der Waals surface area (Å²) < 4.78 is 85.5. The smallest absolute Gasteiger partial charge is 0.418 e. The minimum atomic E-state index is -5.42. The molecular weight excluding hydrogens is 638 g/mol. The number of hydrogen-bond donors (Lipinski definition) is 4. The van der Waals surface area contributed by atoms with Gasteiger partial charge < -0.3 is 20.8 Å². The van der Waals surface area contributed by atoms with E-state index in [0.717, 1.165) is 12.1 Å². The summed E-state index contributed by atoms with van der Waals surface area (Å²) in [7, 11) is 0. The number of carboxylic acids is 2. The molecule has 4 N–H and O–H groups in total. The minimum absolute atomic E-state index is 0.0574. The van der Waals surface area contributed by atoms with Gasteiger partial charge in [0.15, 0.2) is 0 Å². The van der Waals surface area contributed by atoms with Crippen LogP contribution in [0.2, 0.25) is 0 Å². The van der Waals surface area contributed by atoms with Gasteiger partial charge in [-0.05, 0) is 79.3 Å². The standard InChI is InChI=1S/C32H28F6N2O5S/c33-31(34,35)28-19(9-15-26(41)40-22-10-4-18(5-11-22)16-27(42)43)8-14-25(29(28)32(36,37)38)46-24-3-1-2-23(17-24)39-21-12-6-20(7-13-21)30(44)45/h1-5,8-11,14-15,17,20-21,39H,6-7,12-13,16H2,(H,40,41)(H,42,43)(H,44,45)/b15-9+/t20-,21-. The fourth-order valence-electron chi connectivity index (χ4n) is 5.14. The zero-order chi connectivity index (χ0) is 33.6. The van der Waals surface area contributed by atoms with E-state index in [1.807, 2.05) is 0 Å². The largest absolute Gasteiger partial charge is 0.481 e. The van der Waals surface area contributed by atoms with Crippen LogP contribution in [0.1, 0.15) is 47.9 Å². The van der Waals surface area contributed by atoms with Crippen molar-refractivity contribution in [2.45, 2.75) is 60.3 Å². The van der Waals surface area contributed by atoms with Crippen molar-refractivity contribution in [3.63, 3.8) is 0 Å². The Morgan fingerprint density at radius 1 is 0.826 bits per heavy atom. The van der Waals surface area contributed by atoms with E-state index in [1.54, 1.807) is 12.1 Å². The molecule has 14 heteroatoms. The lowest BCUT2D eigenvalue weighted by Gasteiger charge is -2.27. The molecule has 1 amide bonds. The third kappa shape index (κ3) is 9.28. The van der Waals surface area contributed by atoms with Gasteiger partial charge in [0.05, 0.1) is 23.5 Å². The fraction of sp³-hybridized carbons (Fsp3) is 0.281. The number of carbonyl (C=O) groups excluding carboxylic acids is 1. The molecule has 244 valence electrons. The quantitative estimate of drug-likeness (QED) is 0.127. The predicted molar refractivity (Wildman–Crippen MR) is 159 cm³/mol. The number of amides is 1. The molecule has 7 nitrogen and oxygen atoms in total. The molecule has 46 heavy (non-hydrogen) atoms. The Labute approximate surface area is 263 Å². The van der Waals surface area contributed by atoms with Crippen LogP contribution in [0.5, 0.6) is 0 Å². The molecule has 1 aliphatic carbocycles. The maximum atomic E-state index is 14.3. The van der Waals surface area contributed by atoms with Gasteiger partial charge in [-0.2, -0.15) is 26.3 Å². The van der Waals surface area contributed by atoms with Crippen LogP contribution in [-0.2, 0) is 33.2 Å². The van der Waals surface area contributed by atoms with E-state index in [2.05, 4.69) is 10.6 Å². The molecule has 4 rings (SSSR count). The monoisotopic (exact) mass is 666 g/mol. The number of hydrogen-bond acceptors (Lipinski definition) is 5. The SMILES string of the molecule is O=C(O)Cc1ccc(NC(=O)/C=C/c2ccc(Sc3cccc(N[C@H]4CC[C@H](C(=O)O)CC4)c3)c(C(F)(F)F)c2C(F)(F)F)cc1. The number of nitrogens with one attached hydrogen (secondary N) is 2. The molecule has 1 saturated carbocycles. The van der Waals surface area contributed by atoms with Gasteiger partial charge in [-0.3, -0.25) is 14.4 Å². The first kappa shape index (κ1) is 34.4. The van der Waals surface area contributed by atoms with Crippen LogP contribution in [0.3, 0.4) is 0 Å².